The fourth-order valence-electron chi connectivity index (χ4n) is 2.00. The van der Waals surface area contributed by atoms with Crippen LogP contribution < -0.4 is 4.74 Å². The molecule has 2 aromatic rings. The van der Waals surface area contributed by atoms with E-state index in [4.69, 9.17) is 16.3 Å². The van der Waals surface area contributed by atoms with Gasteiger partial charge in [-0.1, -0.05) is 18.2 Å². The molecule has 1 heterocycles. The van der Waals surface area contributed by atoms with Gasteiger partial charge < -0.3 is 4.74 Å². The number of benzene rings is 1. The summed E-state index contributed by atoms with van der Waals surface area (Å²) in [5.41, 5.74) is 1.53. The molecule has 0 aliphatic rings. The third-order valence-electron chi connectivity index (χ3n) is 3.11. The van der Waals surface area contributed by atoms with Crippen LogP contribution in [0.3, 0.4) is 0 Å². The van der Waals surface area contributed by atoms with Crippen molar-refractivity contribution < 1.29 is 14.3 Å². The first kappa shape index (κ1) is 16.4. The summed E-state index contributed by atoms with van der Waals surface area (Å²) in [5.74, 6) is 0.0782. The van der Waals surface area contributed by atoms with Gasteiger partial charge in [0.15, 0.2) is 16.6 Å². The minimum absolute atomic E-state index is 0.00492. The van der Waals surface area contributed by atoms with Crippen LogP contribution in [0.1, 0.15) is 38.3 Å². The molecule has 0 bridgehead atoms. The molecule has 0 aliphatic carbocycles. The number of hydrogen-bond acceptors (Lipinski definition) is 5. The Morgan fingerprint density at radius 2 is 2.18 bits per heavy atom. The van der Waals surface area contributed by atoms with Crippen LogP contribution in [0.5, 0.6) is 5.75 Å². The van der Waals surface area contributed by atoms with E-state index >= 15 is 0 Å². The van der Waals surface area contributed by atoms with Crippen LogP contribution in [-0.2, 0) is 6.42 Å². The second-order valence-corrected chi connectivity index (χ2v) is 5.78. The third-order valence-corrected chi connectivity index (χ3v) is 4.43. The van der Waals surface area contributed by atoms with Gasteiger partial charge >= 0.3 is 0 Å². The molecule has 4 nitrogen and oxygen atoms in total. The number of carbonyl (C=O) groups is 2. The first-order chi connectivity index (χ1) is 10.5. The first-order valence-corrected chi connectivity index (χ1v) is 7.71. The molecule has 0 fully saturated rings. The standard InChI is InChI=1S/C16H14ClNO3S/c1-4-10-8-22-16(18-10)13(20)7-12-11(9(2)19)5-6-14(21-3)15(12)17/h4-6,8H,1,7H2,2-3H3. The second kappa shape index (κ2) is 6.85. The van der Waals surface area contributed by atoms with Crippen LogP contribution in [0.4, 0.5) is 0 Å². The Hall–Kier alpha value is -1.98. The van der Waals surface area contributed by atoms with Crippen molar-refractivity contribution in [3.05, 3.63) is 50.9 Å². The van der Waals surface area contributed by atoms with Crippen LogP contribution in [0.2, 0.25) is 5.02 Å². The predicted molar refractivity (Wildman–Crippen MR) is 88.2 cm³/mol. The van der Waals surface area contributed by atoms with Crippen molar-refractivity contribution in [2.45, 2.75) is 13.3 Å². The Bertz CT molecular complexity index is 752. The van der Waals surface area contributed by atoms with Crippen molar-refractivity contribution in [2.75, 3.05) is 7.11 Å². The summed E-state index contributed by atoms with van der Waals surface area (Å²) in [6.45, 7) is 5.05. The van der Waals surface area contributed by atoms with Crippen LogP contribution in [0.15, 0.2) is 24.1 Å². The summed E-state index contributed by atoms with van der Waals surface area (Å²) in [7, 11) is 1.48. The number of nitrogens with zero attached hydrogens (tertiary/aromatic N) is 1. The molecule has 1 aromatic carbocycles. The molecule has 2 rings (SSSR count). The van der Waals surface area contributed by atoms with Crippen LogP contribution in [-0.4, -0.2) is 23.7 Å². The fourth-order valence-corrected chi connectivity index (χ4v) is 3.06. The van der Waals surface area contributed by atoms with E-state index in [0.717, 1.165) is 0 Å². The Morgan fingerprint density at radius 1 is 1.45 bits per heavy atom. The first-order valence-electron chi connectivity index (χ1n) is 6.45. The van der Waals surface area contributed by atoms with E-state index in [1.54, 1.807) is 23.6 Å². The number of hydrogen-bond donors (Lipinski definition) is 0. The fraction of sp³-hybridized carbons (Fsp3) is 0.188. The summed E-state index contributed by atoms with van der Waals surface area (Å²) in [4.78, 5) is 28.3. The lowest BCUT2D eigenvalue weighted by Gasteiger charge is -2.11. The molecular formula is C16H14ClNO3S. The zero-order chi connectivity index (χ0) is 16.3. The van der Waals surface area contributed by atoms with E-state index in [1.165, 1.54) is 25.4 Å². The molecule has 0 saturated carbocycles. The number of methoxy groups -OCH3 is 1. The van der Waals surface area contributed by atoms with Crippen molar-refractivity contribution in [1.82, 2.24) is 4.98 Å². The van der Waals surface area contributed by atoms with Gasteiger partial charge in [0.2, 0.25) is 0 Å². The summed E-state index contributed by atoms with van der Waals surface area (Å²) in [6, 6.07) is 3.24. The van der Waals surface area contributed by atoms with Gasteiger partial charge in [-0.3, -0.25) is 9.59 Å². The Kier molecular flexibility index (Phi) is 5.11. The van der Waals surface area contributed by atoms with E-state index in [9.17, 15) is 9.59 Å². The maximum atomic E-state index is 12.4. The molecule has 114 valence electrons. The zero-order valence-corrected chi connectivity index (χ0v) is 13.8. The molecule has 0 aliphatic heterocycles. The van der Waals surface area contributed by atoms with Gasteiger partial charge in [-0.25, -0.2) is 4.98 Å². The Balaban J connectivity index is 2.40. The molecule has 1 aromatic heterocycles. The van der Waals surface area contributed by atoms with Gasteiger partial charge in [-0.2, -0.15) is 0 Å². The average molecular weight is 336 g/mol. The summed E-state index contributed by atoms with van der Waals surface area (Å²) >= 11 is 7.50. The van der Waals surface area contributed by atoms with Gasteiger partial charge in [-0.05, 0) is 30.7 Å². The van der Waals surface area contributed by atoms with Gasteiger partial charge in [0.25, 0.3) is 0 Å². The molecule has 22 heavy (non-hydrogen) atoms. The highest BCUT2D eigenvalue weighted by molar-refractivity contribution is 7.11. The van der Waals surface area contributed by atoms with E-state index < -0.39 is 0 Å². The summed E-state index contributed by atoms with van der Waals surface area (Å²) in [6.07, 6.45) is 1.57. The predicted octanol–water partition coefficient (Wildman–Crippen LogP) is 4.08. The summed E-state index contributed by atoms with van der Waals surface area (Å²) in [5, 5.41) is 2.39. The second-order valence-electron chi connectivity index (χ2n) is 4.55. The van der Waals surface area contributed by atoms with Crippen molar-refractivity contribution in [1.29, 1.82) is 0 Å². The van der Waals surface area contributed by atoms with E-state index in [-0.39, 0.29) is 23.0 Å². The number of Topliss-reactive ketones (excluding diaryl/α,β-unsaturated/α-hetero) is 2. The lowest BCUT2D eigenvalue weighted by atomic mass is 9.99. The monoisotopic (exact) mass is 335 g/mol. The number of ether oxygens (including phenoxy) is 1. The van der Waals surface area contributed by atoms with Gasteiger partial charge in [0, 0.05) is 17.4 Å². The highest BCUT2D eigenvalue weighted by atomic mass is 35.5. The highest BCUT2D eigenvalue weighted by Crippen LogP contribution is 2.32. The van der Waals surface area contributed by atoms with Crippen LogP contribution in [0.25, 0.3) is 6.08 Å². The van der Waals surface area contributed by atoms with Crippen LogP contribution in [0, 0.1) is 0 Å². The molecule has 0 saturated heterocycles. The lowest BCUT2D eigenvalue weighted by molar-refractivity contribution is 0.0992. The smallest absolute Gasteiger partial charge is 0.195 e. The Labute approximate surface area is 137 Å². The molecule has 0 spiro atoms. The third kappa shape index (κ3) is 3.26. The largest absolute Gasteiger partial charge is 0.495 e. The SMILES string of the molecule is C=Cc1csc(C(=O)Cc2c(C(C)=O)ccc(OC)c2Cl)n1. The number of rotatable bonds is 6. The van der Waals surface area contributed by atoms with Gasteiger partial charge in [-0.15, -0.1) is 11.3 Å². The lowest BCUT2D eigenvalue weighted by Crippen LogP contribution is -2.09. The van der Waals surface area contributed by atoms with Gasteiger partial charge in [0.05, 0.1) is 17.8 Å². The highest BCUT2D eigenvalue weighted by Gasteiger charge is 2.20. The molecule has 0 radical (unpaired) electrons. The number of carbonyl (C=O) groups excluding carboxylic acids is 2. The molecule has 0 amide bonds. The number of aromatic nitrogens is 1. The van der Waals surface area contributed by atoms with E-state index in [1.807, 2.05) is 0 Å². The average Bonchev–Trinajstić information content (AvgIpc) is 2.97. The number of halogens is 1. The minimum atomic E-state index is -0.198. The quantitative estimate of drug-likeness (QED) is 0.746. The normalized spacial score (nSPS) is 10.3. The molecular weight excluding hydrogens is 322 g/mol. The van der Waals surface area contributed by atoms with Crippen molar-refractivity contribution in [3.63, 3.8) is 0 Å². The Morgan fingerprint density at radius 3 is 2.73 bits per heavy atom. The maximum Gasteiger partial charge on any atom is 0.195 e. The zero-order valence-electron chi connectivity index (χ0n) is 12.2. The van der Waals surface area contributed by atoms with E-state index in [2.05, 4.69) is 11.6 Å². The molecule has 0 unspecified atom stereocenters. The molecule has 0 N–H and O–H groups in total. The van der Waals surface area contributed by atoms with Crippen molar-refractivity contribution in [3.8, 4) is 5.75 Å². The number of thiazole rings is 1. The molecule has 0 atom stereocenters. The van der Waals surface area contributed by atoms with Gasteiger partial charge in [0.1, 0.15) is 5.75 Å². The number of ketones is 2. The van der Waals surface area contributed by atoms with Crippen molar-refractivity contribution >= 4 is 40.6 Å². The van der Waals surface area contributed by atoms with Crippen molar-refractivity contribution in [2.24, 2.45) is 0 Å². The van der Waals surface area contributed by atoms with Crippen LogP contribution >= 0.6 is 22.9 Å². The maximum absolute atomic E-state index is 12.4. The minimum Gasteiger partial charge on any atom is -0.495 e. The van der Waals surface area contributed by atoms with E-state index in [0.29, 0.717) is 27.6 Å². The molecule has 6 heteroatoms. The topological polar surface area (TPSA) is 56.3 Å². The summed E-state index contributed by atoms with van der Waals surface area (Å²) < 4.78 is 5.15.